The third kappa shape index (κ3) is 3.20. The first-order chi connectivity index (χ1) is 13.6. The van der Waals surface area contributed by atoms with Crippen LogP contribution in [-0.4, -0.2) is 32.6 Å². The number of furan rings is 1. The number of aromatic nitrogens is 4. The Morgan fingerprint density at radius 3 is 2.75 bits per heavy atom. The Morgan fingerprint density at radius 2 is 2.00 bits per heavy atom. The molecule has 3 aromatic heterocycles. The molecule has 0 N–H and O–H groups in total. The molecule has 8 heteroatoms. The fourth-order valence-corrected chi connectivity index (χ4v) is 3.07. The number of ether oxygens (including phenoxy) is 1. The fraction of sp³-hybridized carbons (Fsp3) is 0.200. The van der Waals surface area contributed by atoms with Crippen molar-refractivity contribution in [2.24, 2.45) is 0 Å². The SMILES string of the molecule is COc1ccccc1N(Cc1nc2nc(C)cc(C)n2n1)C(=O)c1ccco1. The Hall–Kier alpha value is -3.68. The average molecular weight is 377 g/mol. The van der Waals surface area contributed by atoms with Gasteiger partial charge in [-0.25, -0.2) is 9.50 Å². The normalized spacial score (nSPS) is 11.0. The van der Waals surface area contributed by atoms with Gasteiger partial charge in [-0.15, -0.1) is 5.10 Å². The van der Waals surface area contributed by atoms with E-state index in [0.29, 0.717) is 23.0 Å². The van der Waals surface area contributed by atoms with Crippen LogP contribution < -0.4 is 9.64 Å². The molecule has 0 aliphatic heterocycles. The highest BCUT2D eigenvalue weighted by Gasteiger charge is 2.25. The Morgan fingerprint density at radius 1 is 1.18 bits per heavy atom. The number of nitrogens with zero attached hydrogens (tertiary/aromatic N) is 5. The van der Waals surface area contributed by atoms with E-state index in [-0.39, 0.29) is 18.2 Å². The molecule has 8 nitrogen and oxygen atoms in total. The van der Waals surface area contributed by atoms with E-state index in [4.69, 9.17) is 9.15 Å². The van der Waals surface area contributed by atoms with Gasteiger partial charge in [-0.2, -0.15) is 4.98 Å². The summed E-state index contributed by atoms with van der Waals surface area (Å²) in [5.41, 5.74) is 2.38. The number of aryl methyl sites for hydroxylation is 2. The third-order valence-electron chi connectivity index (χ3n) is 4.31. The molecule has 0 aliphatic rings. The fourth-order valence-electron chi connectivity index (χ4n) is 3.07. The predicted octanol–water partition coefficient (Wildman–Crippen LogP) is 3.19. The number of para-hydroxylation sites is 2. The van der Waals surface area contributed by atoms with Crippen molar-refractivity contribution >= 4 is 17.4 Å². The smallest absolute Gasteiger partial charge is 0.294 e. The summed E-state index contributed by atoms with van der Waals surface area (Å²) in [5.74, 6) is 1.44. The summed E-state index contributed by atoms with van der Waals surface area (Å²) in [7, 11) is 1.56. The molecule has 0 saturated heterocycles. The van der Waals surface area contributed by atoms with Gasteiger partial charge in [0.05, 0.1) is 25.6 Å². The van der Waals surface area contributed by atoms with Gasteiger partial charge in [0.2, 0.25) is 0 Å². The zero-order chi connectivity index (χ0) is 19.7. The van der Waals surface area contributed by atoms with Crippen molar-refractivity contribution in [2.45, 2.75) is 20.4 Å². The number of amides is 1. The number of fused-ring (bicyclic) bond motifs is 1. The van der Waals surface area contributed by atoms with E-state index in [0.717, 1.165) is 11.4 Å². The van der Waals surface area contributed by atoms with Gasteiger partial charge in [0, 0.05) is 11.4 Å². The summed E-state index contributed by atoms with van der Waals surface area (Å²) in [6, 6.07) is 12.5. The molecule has 0 aliphatic carbocycles. The van der Waals surface area contributed by atoms with Gasteiger partial charge in [-0.3, -0.25) is 9.69 Å². The van der Waals surface area contributed by atoms with Crippen LogP contribution in [0.1, 0.15) is 27.8 Å². The van der Waals surface area contributed by atoms with Crippen LogP contribution in [0.15, 0.2) is 53.1 Å². The van der Waals surface area contributed by atoms with Crippen LogP contribution in [-0.2, 0) is 6.54 Å². The van der Waals surface area contributed by atoms with Crippen LogP contribution in [0, 0.1) is 13.8 Å². The summed E-state index contributed by atoms with van der Waals surface area (Å²) in [6.07, 6.45) is 1.47. The second kappa shape index (κ2) is 7.15. The van der Waals surface area contributed by atoms with Gasteiger partial charge >= 0.3 is 0 Å². The molecule has 0 unspecified atom stereocenters. The van der Waals surface area contributed by atoms with Gasteiger partial charge < -0.3 is 9.15 Å². The molecule has 3 heterocycles. The largest absolute Gasteiger partial charge is 0.495 e. The first-order valence-corrected chi connectivity index (χ1v) is 8.75. The summed E-state index contributed by atoms with van der Waals surface area (Å²) in [6.45, 7) is 3.98. The van der Waals surface area contributed by atoms with Crippen molar-refractivity contribution in [3.63, 3.8) is 0 Å². The lowest BCUT2D eigenvalue weighted by molar-refractivity contribution is 0.0957. The summed E-state index contributed by atoms with van der Waals surface area (Å²) < 4.78 is 12.4. The molecule has 4 aromatic rings. The lowest BCUT2D eigenvalue weighted by Gasteiger charge is -2.22. The molecule has 0 saturated carbocycles. The standard InChI is InChI=1S/C20H19N5O3/c1-13-11-14(2)25-20(21-13)22-18(23-25)12-24(19(26)17-9-6-10-28-17)15-7-4-5-8-16(15)27-3/h4-11H,12H2,1-3H3. The molecule has 0 fully saturated rings. The van der Waals surface area contributed by atoms with Crippen LogP contribution in [0.25, 0.3) is 5.78 Å². The second-order valence-corrected chi connectivity index (χ2v) is 6.32. The molecule has 4 rings (SSSR count). The highest BCUT2D eigenvalue weighted by molar-refractivity contribution is 6.04. The zero-order valence-electron chi connectivity index (χ0n) is 15.8. The van der Waals surface area contributed by atoms with Crippen molar-refractivity contribution in [3.05, 3.63) is 71.7 Å². The number of hydrogen-bond acceptors (Lipinski definition) is 6. The number of rotatable bonds is 5. The maximum Gasteiger partial charge on any atom is 0.294 e. The second-order valence-electron chi connectivity index (χ2n) is 6.32. The summed E-state index contributed by atoms with van der Waals surface area (Å²) >= 11 is 0. The Kier molecular flexibility index (Phi) is 4.52. The quantitative estimate of drug-likeness (QED) is 0.531. The average Bonchev–Trinajstić information content (AvgIpc) is 3.35. The van der Waals surface area contributed by atoms with E-state index >= 15 is 0 Å². The molecule has 0 bridgehead atoms. The van der Waals surface area contributed by atoms with Crippen molar-refractivity contribution in [1.82, 2.24) is 19.6 Å². The Labute approximate surface area is 161 Å². The first-order valence-electron chi connectivity index (χ1n) is 8.75. The molecular weight excluding hydrogens is 358 g/mol. The van der Waals surface area contributed by atoms with Crippen LogP contribution >= 0.6 is 0 Å². The minimum absolute atomic E-state index is 0.141. The molecule has 28 heavy (non-hydrogen) atoms. The maximum absolute atomic E-state index is 13.1. The number of anilines is 1. The highest BCUT2D eigenvalue weighted by Crippen LogP contribution is 2.30. The first kappa shape index (κ1) is 17.7. The third-order valence-corrected chi connectivity index (χ3v) is 4.31. The van der Waals surface area contributed by atoms with Gasteiger partial charge in [-0.1, -0.05) is 12.1 Å². The van der Waals surface area contributed by atoms with E-state index in [1.807, 2.05) is 38.1 Å². The van der Waals surface area contributed by atoms with Gasteiger partial charge in [0.1, 0.15) is 5.75 Å². The number of methoxy groups -OCH3 is 1. The van der Waals surface area contributed by atoms with E-state index in [9.17, 15) is 4.79 Å². The Bertz CT molecular complexity index is 1130. The molecule has 0 atom stereocenters. The van der Waals surface area contributed by atoms with E-state index in [1.165, 1.54) is 11.2 Å². The van der Waals surface area contributed by atoms with Crippen molar-refractivity contribution in [1.29, 1.82) is 0 Å². The molecule has 1 amide bonds. The number of hydrogen-bond donors (Lipinski definition) is 0. The Balaban J connectivity index is 1.78. The molecular formula is C20H19N5O3. The minimum Gasteiger partial charge on any atom is -0.495 e. The lowest BCUT2D eigenvalue weighted by Crippen LogP contribution is -2.31. The predicted molar refractivity (Wildman–Crippen MR) is 102 cm³/mol. The highest BCUT2D eigenvalue weighted by atomic mass is 16.5. The maximum atomic E-state index is 13.1. The van der Waals surface area contributed by atoms with E-state index < -0.39 is 0 Å². The minimum atomic E-state index is -0.311. The number of carbonyl (C=O) groups excluding carboxylic acids is 1. The van der Waals surface area contributed by atoms with E-state index in [2.05, 4.69) is 15.1 Å². The number of benzene rings is 1. The van der Waals surface area contributed by atoms with Crippen molar-refractivity contribution in [2.75, 3.05) is 12.0 Å². The van der Waals surface area contributed by atoms with Crippen molar-refractivity contribution < 1.29 is 13.9 Å². The summed E-state index contributed by atoms with van der Waals surface area (Å²) in [5, 5.41) is 4.52. The van der Waals surface area contributed by atoms with Gasteiger partial charge in [0.15, 0.2) is 11.6 Å². The molecule has 0 radical (unpaired) electrons. The zero-order valence-corrected chi connectivity index (χ0v) is 15.8. The lowest BCUT2D eigenvalue weighted by atomic mass is 10.2. The molecule has 1 aromatic carbocycles. The molecule has 142 valence electrons. The van der Waals surface area contributed by atoms with Crippen molar-refractivity contribution in [3.8, 4) is 5.75 Å². The van der Waals surface area contributed by atoms with Gasteiger partial charge in [-0.05, 0) is 44.2 Å². The molecule has 0 spiro atoms. The monoisotopic (exact) mass is 377 g/mol. The van der Waals surface area contributed by atoms with E-state index in [1.54, 1.807) is 29.8 Å². The van der Waals surface area contributed by atoms with Crippen LogP contribution in [0.4, 0.5) is 5.69 Å². The van der Waals surface area contributed by atoms with Gasteiger partial charge in [0.25, 0.3) is 11.7 Å². The number of carbonyl (C=O) groups is 1. The summed E-state index contributed by atoms with van der Waals surface area (Å²) in [4.78, 5) is 23.6. The van der Waals surface area contributed by atoms with Crippen LogP contribution in [0.2, 0.25) is 0 Å². The van der Waals surface area contributed by atoms with Crippen LogP contribution in [0.3, 0.4) is 0 Å². The van der Waals surface area contributed by atoms with Crippen LogP contribution in [0.5, 0.6) is 5.75 Å². The topological polar surface area (TPSA) is 85.8 Å².